The third kappa shape index (κ3) is 3.33. The molecule has 3 aliphatic rings. The molecule has 3 fully saturated rings. The van der Waals surface area contributed by atoms with Crippen LogP contribution >= 0.6 is 24.0 Å². The molecule has 122 valence electrons. The van der Waals surface area contributed by atoms with Gasteiger partial charge in [0.1, 0.15) is 0 Å². The minimum Gasteiger partial charge on any atom is -0.377 e. The zero-order valence-corrected chi connectivity index (χ0v) is 15.9. The lowest BCUT2D eigenvalue weighted by Gasteiger charge is -2.60. The minimum absolute atomic E-state index is 0. The van der Waals surface area contributed by atoms with E-state index in [4.69, 9.17) is 4.74 Å². The molecule has 2 N–H and O–H groups in total. The van der Waals surface area contributed by atoms with Crippen LogP contribution in [0.2, 0.25) is 0 Å². The number of guanidine groups is 1. The van der Waals surface area contributed by atoms with Crippen LogP contribution in [0.5, 0.6) is 0 Å². The molecule has 3 atom stereocenters. The fourth-order valence-electron chi connectivity index (χ4n) is 4.40. The first-order valence-corrected chi connectivity index (χ1v) is 8.24. The topological polar surface area (TPSA) is 45.7 Å². The quantitative estimate of drug-likeness (QED) is 0.421. The van der Waals surface area contributed by atoms with Gasteiger partial charge in [-0.2, -0.15) is 0 Å². The first-order chi connectivity index (χ1) is 9.63. The Kier molecular flexibility index (Phi) is 5.79. The molecule has 2 saturated carbocycles. The van der Waals surface area contributed by atoms with Gasteiger partial charge in [0.25, 0.3) is 0 Å². The summed E-state index contributed by atoms with van der Waals surface area (Å²) in [6.45, 7) is 5.58. The molecule has 0 spiro atoms. The van der Waals surface area contributed by atoms with Crippen molar-refractivity contribution in [2.24, 2.45) is 16.3 Å². The van der Waals surface area contributed by atoms with E-state index >= 15 is 0 Å². The Bertz CT molecular complexity index is 380. The van der Waals surface area contributed by atoms with Crippen LogP contribution in [-0.4, -0.2) is 37.8 Å². The summed E-state index contributed by atoms with van der Waals surface area (Å²) in [6, 6.07) is 1.10. The van der Waals surface area contributed by atoms with Crippen molar-refractivity contribution in [2.75, 3.05) is 13.7 Å². The summed E-state index contributed by atoms with van der Waals surface area (Å²) in [5, 5.41) is 7.27. The number of hydrogen-bond acceptors (Lipinski definition) is 2. The van der Waals surface area contributed by atoms with Gasteiger partial charge in [-0.15, -0.1) is 24.0 Å². The van der Waals surface area contributed by atoms with Crippen LogP contribution in [0.15, 0.2) is 4.99 Å². The Balaban J connectivity index is 0.00000161. The van der Waals surface area contributed by atoms with Crippen LogP contribution in [0.3, 0.4) is 0 Å². The summed E-state index contributed by atoms with van der Waals surface area (Å²) in [5.41, 5.74) is 0.207. The van der Waals surface area contributed by atoms with Crippen molar-refractivity contribution >= 4 is 29.9 Å². The first-order valence-electron chi connectivity index (χ1n) is 8.24. The second-order valence-corrected chi connectivity index (χ2v) is 7.24. The van der Waals surface area contributed by atoms with E-state index in [0.29, 0.717) is 24.1 Å². The summed E-state index contributed by atoms with van der Waals surface area (Å²) >= 11 is 0. The second-order valence-electron chi connectivity index (χ2n) is 7.24. The van der Waals surface area contributed by atoms with Crippen LogP contribution in [-0.2, 0) is 4.74 Å². The Morgan fingerprint density at radius 1 is 1.10 bits per heavy atom. The fourth-order valence-corrected chi connectivity index (χ4v) is 4.40. The summed E-state index contributed by atoms with van der Waals surface area (Å²) in [7, 11) is 1.88. The number of halogens is 1. The highest BCUT2D eigenvalue weighted by molar-refractivity contribution is 14.0. The van der Waals surface area contributed by atoms with Crippen molar-refractivity contribution < 1.29 is 4.74 Å². The predicted molar refractivity (Wildman–Crippen MR) is 97.3 cm³/mol. The van der Waals surface area contributed by atoms with Gasteiger partial charge in [-0.25, -0.2) is 0 Å². The van der Waals surface area contributed by atoms with E-state index in [-0.39, 0.29) is 29.4 Å². The van der Waals surface area contributed by atoms with E-state index in [1.807, 2.05) is 7.05 Å². The number of hydrogen-bond donors (Lipinski definition) is 2. The van der Waals surface area contributed by atoms with Crippen LogP contribution in [0.25, 0.3) is 0 Å². The van der Waals surface area contributed by atoms with Crippen molar-refractivity contribution in [1.29, 1.82) is 0 Å². The van der Waals surface area contributed by atoms with Crippen molar-refractivity contribution in [3.05, 3.63) is 0 Å². The zero-order chi connectivity index (χ0) is 14.2. The van der Waals surface area contributed by atoms with Crippen LogP contribution < -0.4 is 10.6 Å². The van der Waals surface area contributed by atoms with E-state index in [1.54, 1.807) is 0 Å². The molecule has 0 bridgehead atoms. The predicted octanol–water partition coefficient (Wildman–Crippen LogP) is 2.92. The second kappa shape index (κ2) is 7.02. The molecule has 0 radical (unpaired) electrons. The van der Waals surface area contributed by atoms with Gasteiger partial charge in [0, 0.05) is 37.1 Å². The number of nitrogens with one attached hydrogen (secondary N) is 2. The van der Waals surface area contributed by atoms with Crippen molar-refractivity contribution in [2.45, 2.75) is 70.6 Å². The molecule has 1 aliphatic heterocycles. The molecule has 3 rings (SSSR count). The summed E-state index contributed by atoms with van der Waals surface area (Å²) in [6.07, 6.45) is 8.17. The molecule has 0 aromatic rings. The smallest absolute Gasteiger partial charge is 0.191 e. The summed E-state index contributed by atoms with van der Waals surface area (Å²) < 4.78 is 5.97. The van der Waals surface area contributed by atoms with Crippen LogP contribution in [0, 0.1) is 11.3 Å². The molecule has 0 amide bonds. The van der Waals surface area contributed by atoms with Gasteiger partial charge in [-0.1, -0.05) is 26.7 Å². The van der Waals surface area contributed by atoms with Crippen LogP contribution in [0.1, 0.15) is 52.4 Å². The molecule has 1 saturated heterocycles. The van der Waals surface area contributed by atoms with Crippen molar-refractivity contribution in [3.8, 4) is 0 Å². The molecular weight excluding hydrogens is 377 g/mol. The molecule has 3 unspecified atom stereocenters. The molecule has 0 aromatic carbocycles. The SMILES string of the molecule is CN=C(NC1CCCC1)NC1C2CCCOC2C1(C)C.I. The number of nitrogens with zero attached hydrogens (tertiary/aromatic N) is 1. The minimum atomic E-state index is 0. The normalized spacial score (nSPS) is 35.4. The van der Waals surface area contributed by atoms with Gasteiger partial charge in [0.15, 0.2) is 5.96 Å². The van der Waals surface area contributed by atoms with Gasteiger partial charge < -0.3 is 15.4 Å². The summed E-state index contributed by atoms with van der Waals surface area (Å²) in [4.78, 5) is 4.43. The summed E-state index contributed by atoms with van der Waals surface area (Å²) in [5.74, 6) is 1.64. The maximum atomic E-state index is 5.97. The zero-order valence-electron chi connectivity index (χ0n) is 13.5. The number of ether oxygens (including phenoxy) is 1. The molecule has 21 heavy (non-hydrogen) atoms. The monoisotopic (exact) mass is 407 g/mol. The molecule has 1 heterocycles. The van der Waals surface area contributed by atoms with E-state index in [1.165, 1.54) is 38.5 Å². The van der Waals surface area contributed by atoms with E-state index in [9.17, 15) is 0 Å². The Labute approximate surface area is 145 Å². The number of fused-ring (bicyclic) bond motifs is 1. The Morgan fingerprint density at radius 2 is 1.81 bits per heavy atom. The highest BCUT2D eigenvalue weighted by atomic mass is 127. The lowest BCUT2D eigenvalue weighted by Crippen LogP contribution is -2.71. The lowest BCUT2D eigenvalue weighted by atomic mass is 9.55. The van der Waals surface area contributed by atoms with E-state index in [2.05, 4.69) is 29.5 Å². The van der Waals surface area contributed by atoms with Gasteiger partial charge in [0.2, 0.25) is 0 Å². The Hall–Kier alpha value is -0.0400. The largest absolute Gasteiger partial charge is 0.377 e. The fraction of sp³-hybridized carbons (Fsp3) is 0.938. The van der Waals surface area contributed by atoms with Gasteiger partial charge in [-0.3, -0.25) is 4.99 Å². The lowest BCUT2D eigenvalue weighted by molar-refractivity contribution is -0.188. The van der Waals surface area contributed by atoms with Crippen LogP contribution in [0.4, 0.5) is 0 Å². The average molecular weight is 407 g/mol. The van der Waals surface area contributed by atoms with E-state index < -0.39 is 0 Å². The van der Waals surface area contributed by atoms with E-state index in [0.717, 1.165) is 12.6 Å². The number of aliphatic imine (C=N–C) groups is 1. The van der Waals surface area contributed by atoms with Gasteiger partial charge >= 0.3 is 0 Å². The maximum Gasteiger partial charge on any atom is 0.191 e. The average Bonchev–Trinajstić information content (AvgIpc) is 2.96. The third-order valence-electron chi connectivity index (χ3n) is 5.54. The third-order valence-corrected chi connectivity index (χ3v) is 5.54. The van der Waals surface area contributed by atoms with Gasteiger partial charge in [-0.05, 0) is 25.7 Å². The highest BCUT2D eigenvalue weighted by Gasteiger charge is 2.58. The Morgan fingerprint density at radius 3 is 2.48 bits per heavy atom. The number of rotatable bonds is 2. The highest BCUT2D eigenvalue weighted by Crippen LogP contribution is 2.51. The molecule has 5 heteroatoms. The van der Waals surface area contributed by atoms with Crippen molar-refractivity contribution in [3.63, 3.8) is 0 Å². The molecule has 4 nitrogen and oxygen atoms in total. The van der Waals surface area contributed by atoms with Crippen molar-refractivity contribution in [1.82, 2.24) is 10.6 Å². The molecular formula is C16H30IN3O. The van der Waals surface area contributed by atoms with Gasteiger partial charge in [0.05, 0.1) is 6.10 Å². The maximum absolute atomic E-state index is 5.97. The standard InChI is InChI=1S/C16H29N3O.HI/c1-16(2)13(12-9-6-10-20-14(12)16)19-15(17-3)18-11-7-4-5-8-11;/h11-14H,4-10H2,1-3H3,(H2,17,18,19);1H. The molecule has 2 aliphatic carbocycles. The molecule has 0 aromatic heterocycles. The first kappa shape index (κ1) is 17.3.